The van der Waals surface area contributed by atoms with E-state index in [1.54, 1.807) is 6.20 Å². The molecule has 6 heteroatoms. The van der Waals surface area contributed by atoms with Crippen LogP contribution in [0.2, 0.25) is 0 Å². The summed E-state index contributed by atoms with van der Waals surface area (Å²) in [6.45, 7) is 5.26. The SMILES string of the molecule is CC(C)(CNc1ccc(-c2ccc(CN)nc2)nn1)c1ccc(F)cc1. The van der Waals surface area contributed by atoms with Gasteiger partial charge in [0.2, 0.25) is 0 Å². The number of benzene rings is 1. The van der Waals surface area contributed by atoms with Gasteiger partial charge < -0.3 is 11.1 Å². The van der Waals surface area contributed by atoms with Crippen molar-refractivity contribution in [2.75, 3.05) is 11.9 Å². The van der Waals surface area contributed by atoms with E-state index in [2.05, 4.69) is 34.3 Å². The molecule has 0 bridgehead atoms. The first-order valence-corrected chi connectivity index (χ1v) is 8.47. The number of aromatic nitrogens is 3. The predicted molar refractivity (Wildman–Crippen MR) is 101 cm³/mol. The zero-order valence-corrected chi connectivity index (χ0v) is 14.9. The van der Waals surface area contributed by atoms with Gasteiger partial charge in [0, 0.05) is 30.3 Å². The molecule has 0 spiro atoms. The molecule has 0 amide bonds. The smallest absolute Gasteiger partial charge is 0.148 e. The van der Waals surface area contributed by atoms with Crippen molar-refractivity contribution >= 4 is 5.82 Å². The van der Waals surface area contributed by atoms with E-state index in [9.17, 15) is 4.39 Å². The van der Waals surface area contributed by atoms with Crippen LogP contribution in [0.25, 0.3) is 11.3 Å². The zero-order chi connectivity index (χ0) is 18.6. The summed E-state index contributed by atoms with van der Waals surface area (Å²) in [5.41, 5.74) is 8.93. The van der Waals surface area contributed by atoms with Gasteiger partial charge in [0.25, 0.3) is 0 Å². The molecule has 0 aliphatic heterocycles. The third-order valence-electron chi connectivity index (χ3n) is 4.33. The summed E-state index contributed by atoms with van der Waals surface area (Å²) in [5, 5.41) is 11.8. The minimum atomic E-state index is -0.229. The lowest BCUT2D eigenvalue weighted by Crippen LogP contribution is -2.28. The van der Waals surface area contributed by atoms with Gasteiger partial charge in [-0.2, -0.15) is 0 Å². The Morgan fingerprint density at radius 2 is 1.77 bits per heavy atom. The standard InChI is InChI=1S/C20H22FN5/c1-20(2,15-4-6-16(21)7-5-15)13-24-19-10-9-18(25-26-19)14-3-8-17(11-22)23-12-14/h3-10,12H,11,13,22H2,1-2H3,(H,24,26). The molecule has 26 heavy (non-hydrogen) atoms. The number of nitrogens with zero attached hydrogens (tertiary/aromatic N) is 3. The number of nitrogens with one attached hydrogen (secondary N) is 1. The van der Waals surface area contributed by atoms with Crippen LogP contribution in [0, 0.1) is 5.82 Å². The Bertz CT molecular complexity index is 843. The van der Waals surface area contributed by atoms with Crippen LogP contribution in [0.1, 0.15) is 25.1 Å². The number of rotatable bonds is 6. The largest absolute Gasteiger partial charge is 0.368 e. The van der Waals surface area contributed by atoms with Gasteiger partial charge in [0.05, 0.1) is 11.4 Å². The molecule has 0 aliphatic carbocycles. The molecule has 0 aliphatic rings. The van der Waals surface area contributed by atoms with Gasteiger partial charge in [0.1, 0.15) is 11.6 Å². The number of pyridine rings is 1. The number of hydrogen-bond donors (Lipinski definition) is 2. The molecule has 3 N–H and O–H groups in total. The van der Waals surface area contributed by atoms with Gasteiger partial charge in [-0.25, -0.2) is 4.39 Å². The van der Waals surface area contributed by atoms with Crippen molar-refractivity contribution in [2.24, 2.45) is 5.73 Å². The maximum atomic E-state index is 13.1. The van der Waals surface area contributed by atoms with Crippen molar-refractivity contribution in [3.8, 4) is 11.3 Å². The molecule has 1 aromatic carbocycles. The fourth-order valence-electron chi connectivity index (χ4n) is 2.59. The van der Waals surface area contributed by atoms with Crippen LogP contribution in [0.5, 0.6) is 0 Å². The summed E-state index contributed by atoms with van der Waals surface area (Å²) in [7, 11) is 0. The Labute approximate surface area is 152 Å². The first kappa shape index (κ1) is 17.9. The molecular weight excluding hydrogens is 329 g/mol. The highest BCUT2D eigenvalue weighted by molar-refractivity contribution is 5.58. The molecule has 0 saturated heterocycles. The zero-order valence-electron chi connectivity index (χ0n) is 14.9. The van der Waals surface area contributed by atoms with Crippen molar-refractivity contribution < 1.29 is 4.39 Å². The number of hydrogen-bond acceptors (Lipinski definition) is 5. The van der Waals surface area contributed by atoms with Gasteiger partial charge in [-0.1, -0.05) is 26.0 Å². The average Bonchev–Trinajstić information content (AvgIpc) is 2.67. The van der Waals surface area contributed by atoms with Crippen LogP contribution in [0.4, 0.5) is 10.2 Å². The number of halogens is 1. The van der Waals surface area contributed by atoms with E-state index in [1.807, 2.05) is 36.4 Å². The van der Waals surface area contributed by atoms with E-state index in [0.29, 0.717) is 18.9 Å². The molecule has 0 saturated carbocycles. The minimum Gasteiger partial charge on any atom is -0.368 e. The summed E-state index contributed by atoms with van der Waals surface area (Å²) >= 11 is 0. The highest BCUT2D eigenvalue weighted by Gasteiger charge is 2.20. The quantitative estimate of drug-likeness (QED) is 0.710. The lowest BCUT2D eigenvalue weighted by Gasteiger charge is -2.25. The minimum absolute atomic E-state index is 0.171. The third-order valence-corrected chi connectivity index (χ3v) is 4.33. The predicted octanol–water partition coefficient (Wildman–Crippen LogP) is 3.53. The monoisotopic (exact) mass is 351 g/mol. The summed E-state index contributed by atoms with van der Waals surface area (Å²) < 4.78 is 13.1. The fraction of sp³-hybridized carbons (Fsp3) is 0.250. The normalized spacial score (nSPS) is 11.4. The van der Waals surface area contributed by atoms with Crippen molar-refractivity contribution in [2.45, 2.75) is 25.8 Å². The average molecular weight is 351 g/mol. The molecule has 2 heterocycles. The number of anilines is 1. The van der Waals surface area contributed by atoms with Gasteiger partial charge in [-0.05, 0) is 42.0 Å². The van der Waals surface area contributed by atoms with Crippen LogP contribution < -0.4 is 11.1 Å². The van der Waals surface area contributed by atoms with Crippen LogP contribution in [0.15, 0.2) is 54.7 Å². The third kappa shape index (κ3) is 4.21. The van der Waals surface area contributed by atoms with Crippen LogP contribution in [-0.4, -0.2) is 21.7 Å². The highest BCUT2D eigenvalue weighted by atomic mass is 19.1. The molecule has 3 aromatic rings. The van der Waals surface area contributed by atoms with Gasteiger partial charge in [-0.15, -0.1) is 10.2 Å². The van der Waals surface area contributed by atoms with E-state index in [1.165, 1.54) is 12.1 Å². The van der Waals surface area contributed by atoms with Gasteiger partial charge in [-0.3, -0.25) is 4.98 Å². The van der Waals surface area contributed by atoms with Gasteiger partial charge >= 0.3 is 0 Å². The molecule has 134 valence electrons. The Hall–Kier alpha value is -2.86. The first-order chi connectivity index (χ1) is 12.5. The summed E-state index contributed by atoms with van der Waals surface area (Å²) in [4.78, 5) is 4.27. The molecule has 2 aromatic heterocycles. The summed E-state index contributed by atoms with van der Waals surface area (Å²) in [6.07, 6.45) is 1.75. The Morgan fingerprint density at radius 1 is 1.00 bits per heavy atom. The topological polar surface area (TPSA) is 76.7 Å². The van der Waals surface area contributed by atoms with Crippen molar-refractivity contribution in [3.05, 3.63) is 71.8 Å². The van der Waals surface area contributed by atoms with E-state index in [-0.39, 0.29) is 11.2 Å². The Morgan fingerprint density at radius 3 is 2.35 bits per heavy atom. The maximum absolute atomic E-state index is 13.1. The second-order valence-corrected chi connectivity index (χ2v) is 6.79. The summed E-state index contributed by atoms with van der Waals surface area (Å²) in [6, 6.07) is 14.2. The van der Waals surface area contributed by atoms with E-state index < -0.39 is 0 Å². The first-order valence-electron chi connectivity index (χ1n) is 8.47. The lowest BCUT2D eigenvalue weighted by atomic mass is 9.84. The van der Waals surface area contributed by atoms with Crippen molar-refractivity contribution in [1.29, 1.82) is 0 Å². The molecule has 0 fully saturated rings. The van der Waals surface area contributed by atoms with E-state index >= 15 is 0 Å². The summed E-state index contributed by atoms with van der Waals surface area (Å²) in [5.74, 6) is 0.462. The lowest BCUT2D eigenvalue weighted by molar-refractivity contribution is 0.552. The molecule has 3 rings (SSSR count). The molecule has 0 atom stereocenters. The van der Waals surface area contributed by atoms with E-state index in [4.69, 9.17) is 5.73 Å². The van der Waals surface area contributed by atoms with E-state index in [0.717, 1.165) is 22.5 Å². The molecule has 5 nitrogen and oxygen atoms in total. The second kappa shape index (κ2) is 7.58. The highest BCUT2D eigenvalue weighted by Crippen LogP contribution is 2.24. The van der Waals surface area contributed by atoms with Crippen LogP contribution in [-0.2, 0) is 12.0 Å². The molecular formula is C20H22FN5. The molecule has 0 unspecified atom stereocenters. The van der Waals surface area contributed by atoms with Gasteiger partial charge in [0.15, 0.2) is 0 Å². The molecule has 0 radical (unpaired) electrons. The Kier molecular flexibility index (Phi) is 5.23. The van der Waals surface area contributed by atoms with Crippen molar-refractivity contribution in [3.63, 3.8) is 0 Å². The van der Waals surface area contributed by atoms with Crippen LogP contribution >= 0.6 is 0 Å². The van der Waals surface area contributed by atoms with Crippen molar-refractivity contribution in [1.82, 2.24) is 15.2 Å². The number of nitrogens with two attached hydrogens (primary N) is 1. The fourth-order valence-corrected chi connectivity index (χ4v) is 2.59. The Balaban J connectivity index is 1.66. The second-order valence-electron chi connectivity index (χ2n) is 6.79. The maximum Gasteiger partial charge on any atom is 0.148 e. The van der Waals surface area contributed by atoms with Crippen LogP contribution in [0.3, 0.4) is 0 Å².